The van der Waals surface area contributed by atoms with Gasteiger partial charge in [-0.25, -0.2) is 4.98 Å². The number of amides is 1. The van der Waals surface area contributed by atoms with E-state index < -0.39 is 0 Å². The number of aromatic nitrogens is 2. The van der Waals surface area contributed by atoms with Crippen LogP contribution in [0.25, 0.3) is 11.0 Å². The van der Waals surface area contributed by atoms with E-state index >= 15 is 0 Å². The summed E-state index contributed by atoms with van der Waals surface area (Å²) in [6, 6.07) is 8.47. The molecule has 1 aromatic carbocycles. The van der Waals surface area contributed by atoms with Crippen molar-refractivity contribution >= 4 is 16.9 Å². The van der Waals surface area contributed by atoms with Crippen molar-refractivity contribution in [3.05, 3.63) is 30.1 Å². The molecule has 1 aromatic heterocycles. The maximum atomic E-state index is 12.1. The molecular formula is C17H24N4O. The van der Waals surface area contributed by atoms with Crippen molar-refractivity contribution in [1.82, 2.24) is 19.8 Å². The van der Waals surface area contributed by atoms with Gasteiger partial charge in [0, 0.05) is 19.6 Å². The number of benzene rings is 1. The third kappa shape index (κ3) is 2.50. The number of likely N-dealkylation sites (N-methyl/N-ethyl adjacent to an activating group) is 1. The first-order valence-electron chi connectivity index (χ1n) is 7.97. The first kappa shape index (κ1) is 15.0. The fraction of sp³-hybridized carbons (Fsp3) is 0.529. The zero-order chi connectivity index (χ0) is 15.9. The van der Waals surface area contributed by atoms with Gasteiger partial charge in [0.15, 0.2) is 0 Å². The Labute approximate surface area is 131 Å². The first-order valence-corrected chi connectivity index (χ1v) is 7.97. The van der Waals surface area contributed by atoms with Crippen molar-refractivity contribution in [2.24, 2.45) is 0 Å². The van der Waals surface area contributed by atoms with Crippen molar-refractivity contribution in [3.8, 4) is 0 Å². The minimum atomic E-state index is -0.0968. The van der Waals surface area contributed by atoms with Gasteiger partial charge in [0.25, 0.3) is 0 Å². The number of para-hydroxylation sites is 2. The number of imidazole rings is 1. The SMILES string of the molecule is CC(C)n1c([C@@H](C)N[C@@H]2CCN(C)C2=O)nc2ccccc21. The van der Waals surface area contributed by atoms with E-state index in [4.69, 9.17) is 4.98 Å². The summed E-state index contributed by atoms with van der Waals surface area (Å²) < 4.78 is 2.26. The second kappa shape index (κ2) is 5.72. The van der Waals surface area contributed by atoms with Crippen LogP contribution in [0.4, 0.5) is 0 Å². The number of rotatable bonds is 4. The van der Waals surface area contributed by atoms with Crippen LogP contribution in [-0.2, 0) is 4.79 Å². The second-order valence-electron chi connectivity index (χ2n) is 6.41. The van der Waals surface area contributed by atoms with E-state index in [0.29, 0.717) is 6.04 Å². The van der Waals surface area contributed by atoms with Gasteiger partial charge in [0.1, 0.15) is 5.82 Å². The fourth-order valence-corrected chi connectivity index (χ4v) is 3.26. The Morgan fingerprint density at radius 2 is 2.00 bits per heavy atom. The lowest BCUT2D eigenvalue weighted by molar-refractivity contribution is -0.128. The molecule has 1 aliphatic rings. The topological polar surface area (TPSA) is 50.2 Å². The Hall–Kier alpha value is -1.88. The molecule has 2 heterocycles. The number of carbonyl (C=O) groups excluding carboxylic acids is 1. The fourth-order valence-electron chi connectivity index (χ4n) is 3.26. The summed E-state index contributed by atoms with van der Waals surface area (Å²) in [7, 11) is 1.86. The molecule has 22 heavy (non-hydrogen) atoms. The Kier molecular flexibility index (Phi) is 3.91. The third-order valence-corrected chi connectivity index (χ3v) is 4.41. The van der Waals surface area contributed by atoms with Crippen molar-refractivity contribution < 1.29 is 4.79 Å². The number of hydrogen-bond donors (Lipinski definition) is 1. The minimum absolute atomic E-state index is 0.0373. The van der Waals surface area contributed by atoms with Gasteiger partial charge in [-0.3, -0.25) is 10.1 Å². The number of hydrogen-bond acceptors (Lipinski definition) is 3. The standard InChI is InChI=1S/C17H24N4O/c1-11(2)21-15-8-6-5-7-13(15)19-16(21)12(3)18-14-9-10-20(4)17(14)22/h5-8,11-12,14,18H,9-10H2,1-4H3/t12-,14-/m1/s1. The van der Waals surface area contributed by atoms with Gasteiger partial charge in [-0.2, -0.15) is 0 Å². The van der Waals surface area contributed by atoms with Crippen LogP contribution < -0.4 is 5.32 Å². The van der Waals surface area contributed by atoms with Gasteiger partial charge in [0.05, 0.1) is 23.1 Å². The van der Waals surface area contributed by atoms with Crippen molar-refractivity contribution in [2.45, 2.75) is 45.3 Å². The monoisotopic (exact) mass is 300 g/mol. The van der Waals surface area contributed by atoms with Crippen LogP contribution >= 0.6 is 0 Å². The Balaban J connectivity index is 1.92. The molecule has 118 valence electrons. The molecule has 1 saturated heterocycles. The molecule has 1 fully saturated rings. The van der Waals surface area contributed by atoms with Crippen LogP contribution in [0.3, 0.4) is 0 Å². The van der Waals surface area contributed by atoms with Gasteiger partial charge in [-0.05, 0) is 39.3 Å². The van der Waals surface area contributed by atoms with Gasteiger partial charge < -0.3 is 9.47 Å². The molecule has 1 N–H and O–H groups in total. The van der Waals surface area contributed by atoms with Crippen LogP contribution in [0, 0.1) is 0 Å². The zero-order valence-electron chi connectivity index (χ0n) is 13.7. The predicted molar refractivity (Wildman–Crippen MR) is 87.7 cm³/mol. The molecule has 0 unspecified atom stereocenters. The van der Waals surface area contributed by atoms with Crippen LogP contribution in [0.15, 0.2) is 24.3 Å². The highest BCUT2D eigenvalue weighted by atomic mass is 16.2. The minimum Gasteiger partial charge on any atom is -0.344 e. The van der Waals surface area contributed by atoms with Crippen molar-refractivity contribution in [2.75, 3.05) is 13.6 Å². The smallest absolute Gasteiger partial charge is 0.239 e. The highest BCUT2D eigenvalue weighted by Gasteiger charge is 2.31. The van der Waals surface area contributed by atoms with Crippen molar-refractivity contribution in [1.29, 1.82) is 0 Å². The molecule has 0 radical (unpaired) electrons. The van der Waals surface area contributed by atoms with E-state index in [2.05, 4.69) is 36.7 Å². The molecule has 1 aliphatic heterocycles. The molecule has 5 nitrogen and oxygen atoms in total. The number of nitrogens with zero attached hydrogens (tertiary/aromatic N) is 3. The van der Waals surface area contributed by atoms with Crippen LogP contribution in [0.1, 0.15) is 45.1 Å². The van der Waals surface area contributed by atoms with Gasteiger partial charge in [0.2, 0.25) is 5.91 Å². The average molecular weight is 300 g/mol. The quantitative estimate of drug-likeness (QED) is 0.944. The number of nitrogens with one attached hydrogen (secondary N) is 1. The summed E-state index contributed by atoms with van der Waals surface area (Å²) >= 11 is 0. The summed E-state index contributed by atoms with van der Waals surface area (Å²) in [5.74, 6) is 1.18. The summed E-state index contributed by atoms with van der Waals surface area (Å²) in [5, 5.41) is 3.46. The number of likely N-dealkylation sites (tertiary alicyclic amines) is 1. The summed E-state index contributed by atoms with van der Waals surface area (Å²) in [6.07, 6.45) is 0.863. The molecule has 0 spiro atoms. The van der Waals surface area contributed by atoms with E-state index in [1.54, 1.807) is 4.90 Å². The molecule has 2 aromatic rings. The maximum absolute atomic E-state index is 12.1. The Morgan fingerprint density at radius 3 is 2.64 bits per heavy atom. The molecule has 1 amide bonds. The Bertz CT molecular complexity index is 691. The lowest BCUT2D eigenvalue weighted by Crippen LogP contribution is -2.39. The lowest BCUT2D eigenvalue weighted by Gasteiger charge is -2.21. The molecule has 3 rings (SSSR count). The van der Waals surface area contributed by atoms with E-state index in [-0.39, 0.29) is 18.0 Å². The van der Waals surface area contributed by atoms with Crippen LogP contribution in [0.2, 0.25) is 0 Å². The highest BCUT2D eigenvalue weighted by molar-refractivity contribution is 5.83. The van der Waals surface area contributed by atoms with Crippen LogP contribution in [0.5, 0.6) is 0 Å². The highest BCUT2D eigenvalue weighted by Crippen LogP contribution is 2.25. The van der Waals surface area contributed by atoms with Gasteiger partial charge >= 0.3 is 0 Å². The second-order valence-corrected chi connectivity index (χ2v) is 6.41. The molecule has 5 heteroatoms. The van der Waals surface area contributed by atoms with E-state index in [0.717, 1.165) is 29.8 Å². The predicted octanol–water partition coefficient (Wildman–Crippen LogP) is 2.50. The van der Waals surface area contributed by atoms with Gasteiger partial charge in [-0.15, -0.1) is 0 Å². The van der Waals surface area contributed by atoms with E-state index in [9.17, 15) is 4.79 Å². The molecule has 0 aliphatic carbocycles. The first-order chi connectivity index (χ1) is 10.5. The number of carbonyl (C=O) groups is 1. The summed E-state index contributed by atoms with van der Waals surface area (Å²) in [4.78, 5) is 18.7. The average Bonchev–Trinajstić information content (AvgIpc) is 3.02. The normalized spacial score (nSPS) is 20.3. The molecule has 0 saturated carbocycles. The van der Waals surface area contributed by atoms with Gasteiger partial charge in [-0.1, -0.05) is 12.1 Å². The Morgan fingerprint density at radius 1 is 1.27 bits per heavy atom. The van der Waals surface area contributed by atoms with Crippen molar-refractivity contribution in [3.63, 3.8) is 0 Å². The summed E-state index contributed by atoms with van der Waals surface area (Å²) in [5.41, 5.74) is 2.16. The molecular weight excluding hydrogens is 276 g/mol. The zero-order valence-corrected chi connectivity index (χ0v) is 13.7. The molecule has 2 atom stereocenters. The van der Waals surface area contributed by atoms with E-state index in [1.807, 2.05) is 25.2 Å². The molecule has 0 bridgehead atoms. The third-order valence-electron chi connectivity index (χ3n) is 4.41. The maximum Gasteiger partial charge on any atom is 0.239 e. The largest absolute Gasteiger partial charge is 0.344 e. The van der Waals surface area contributed by atoms with Crippen LogP contribution in [-0.4, -0.2) is 40.0 Å². The number of fused-ring (bicyclic) bond motifs is 1. The summed E-state index contributed by atoms with van der Waals surface area (Å²) in [6.45, 7) is 7.24. The lowest BCUT2D eigenvalue weighted by atomic mass is 10.2. The van der Waals surface area contributed by atoms with E-state index in [1.165, 1.54) is 0 Å².